The Bertz CT molecular complexity index is 482. The molecular formula is C11H11BrFNO5. The monoisotopic (exact) mass is 335 g/mol. The number of hydrogen-bond acceptors (Lipinski definition) is 5. The van der Waals surface area contributed by atoms with Crippen molar-refractivity contribution in [2.75, 3.05) is 12.4 Å². The summed E-state index contributed by atoms with van der Waals surface area (Å²) in [4.78, 5) is 21.0. The number of rotatable bonds is 6. The zero-order chi connectivity index (χ0) is 14.4. The van der Waals surface area contributed by atoms with Gasteiger partial charge in [0.05, 0.1) is 12.0 Å². The van der Waals surface area contributed by atoms with E-state index in [9.17, 15) is 19.3 Å². The number of methoxy groups -OCH3 is 1. The molecule has 0 fully saturated rings. The van der Waals surface area contributed by atoms with Gasteiger partial charge in [-0.2, -0.15) is 4.39 Å². The molecule has 0 saturated heterocycles. The van der Waals surface area contributed by atoms with Gasteiger partial charge in [-0.05, 0) is 6.07 Å². The number of hydrogen-bond donors (Lipinski definition) is 0. The summed E-state index contributed by atoms with van der Waals surface area (Å²) in [7, 11) is 1.21. The lowest BCUT2D eigenvalue weighted by atomic mass is 10.2. The van der Waals surface area contributed by atoms with Crippen LogP contribution >= 0.6 is 15.9 Å². The maximum absolute atomic E-state index is 13.4. The van der Waals surface area contributed by atoms with Gasteiger partial charge in [-0.15, -0.1) is 0 Å². The van der Waals surface area contributed by atoms with Crippen LogP contribution in [0.25, 0.3) is 0 Å². The number of carbonyl (C=O) groups is 1. The fourth-order valence-corrected chi connectivity index (χ4v) is 1.74. The zero-order valence-electron chi connectivity index (χ0n) is 9.97. The van der Waals surface area contributed by atoms with Gasteiger partial charge in [0.15, 0.2) is 6.10 Å². The van der Waals surface area contributed by atoms with E-state index in [1.807, 2.05) is 0 Å². The lowest BCUT2D eigenvalue weighted by Gasteiger charge is -2.15. The van der Waals surface area contributed by atoms with E-state index in [1.54, 1.807) is 0 Å². The minimum atomic E-state index is -1.02. The molecular weight excluding hydrogens is 325 g/mol. The van der Waals surface area contributed by atoms with Gasteiger partial charge in [0, 0.05) is 23.9 Å². The summed E-state index contributed by atoms with van der Waals surface area (Å²) in [5.41, 5.74) is -0.651. The van der Waals surface area contributed by atoms with E-state index in [0.717, 1.165) is 12.1 Å². The summed E-state index contributed by atoms with van der Waals surface area (Å²) >= 11 is 3.15. The highest BCUT2D eigenvalue weighted by Crippen LogP contribution is 2.23. The number of nitrogens with zero attached hydrogens (tertiary/aromatic N) is 1. The first-order valence-electron chi connectivity index (χ1n) is 5.24. The van der Waals surface area contributed by atoms with Crippen LogP contribution < -0.4 is 4.74 Å². The van der Waals surface area contributed by atoms with Crippen molar-refractivity contribution < 1.29 is 23.6 Å². The van der Waals surface area contributed by atoms with Gasteiger partial charge in [-0.1, -0.05) is 15.9 Å². The minimum absolute atomic E-state index is 0.0273. The van der Waals surface area contributed by atoms with Gasteiger partial charge in [-0.3, -0.25) is 10.1 Å². The van der Waals surface area contributed by atoms with Gasteiger partial charge in [0.1, 0.15) is 5.75 Å². The molecule has 1 rings (SSSR count). The van der Waals surface area contributed by atoms with E-state index in [0.29, 0.717) is 11.8 Å². The molecule has 19 heavy (non-hydrogen) atoms. The van der Waals surface area contributed by atoms with E-state index in [4.69, 9.17) is 4.74 Å². The van der Waals surface area contributed by atoms with Gasteiger partial charge >= 0.3 is 11.7 Å². The van der Waals surface area contributed by atoms with Crippen LogP contribution in [-0.4, -0.2) is 29.4 Å². The van der Waals surface area contributed by atoms with Crippen LogP contribution in [0.2, 0.25) is 0 Å². The number of carbonyl (C=O) groups excluding carboxylic acids is 1. The number of ether oxygens (including phenoxy) is 2. The normalized spacial score (nSPS) is 11.7. The second-order valence-corrected chi connectivity index (χ2v) is 4.27. The summed E-state index contributed by atoms with van der Waals surface area (Å²) in [5, 5.41) is 10.9. The van der Waals surface area contributed by atoms with E-state index in [2.05, 4.69) is 20.7 Å². The summed E-state index contributed by atoms with van der Waals surface area (Å²) < 4.78 is 23.2. The Morgan fingerprint density at radius 1 is 1.58 bits per heavy atom. The van der Waals surface area contributed by atoms with E-state index in [1.165, 1.54) is 13.2 Å². The van der Waals surface area contributed by atoms with Crippen molar-refractivity contribution in [1.29, 1.82) is 0 Å². The maximum Gasteiger partial charge on any atom is 0.347 e. The number of halogens is 2. The first kappa shape index (κ1) is 15.4. The molecule has 1 aromatic rings. The van der Waals surface area contributed by atoms with Gasteiger partial charge in [0.2, 0.25) is 5.82 Å². The molecule has 0 saturated carbocycles. The van der Waals surface area contributed by atoms with Crippen LogP contribution in [0.3, 0.4) is 0 Å². The molecule has 1 unspecified atom stereocenters. The molecule has 0 aliphatic carbocycles. The molecule has 0 aliphatic heterocycles. The molecule has 104 valence electrons. The third-order valence-electron chi connectivity index (χ3n) is 2.23. The molecule has 0 N–H and O–H groups in total. The lowest BCUT2D eigenvalue weighted by Crippen LogP contribution is -2.29. The van der Waals surface area contributed by atoms with Crippen LogP contribution in [0.5, 0.6) is 5.75 Å². The molecule has 0 aliphatic rings. The molecule has 0 bridgehead atoms. The maximum atomic E-state index is 13.4. The summed E-state index contributed by atoms with van der Waals surface area (Å²) in [5.74, 6) is -1.59. The lowest BCUT2D eigenvalue weighted by molar-refractivity contribution is -0.387. The van der Waals surface area contributed by atoms with Crippen LogP contribution in [0.4, 0.5) is 10.1 Å². The molecule has 0 aromatic heterocycles. The highest BCUT2D eigenvalue weighted by atomic mass is 79.9. The molecule has 8 heteroatoms. The molecule has 1 aromatic carbocycles. The second-order valence-electron chi connectivity index (χ2n) is 3.48. The Morgan fingerprint density at radius 3 is 2.74 bits per heavy atom. The smallest absolute Gasteiger partial charge is 0.347 e. The Labute approximate surface area is 116 Å². The van der Waals surface area contributed by atoms with Crippen LogP contribution in [0, 0.1) is 15.9 Å². The Morgan fingerprint density at radius 2 is 2.26 bits per heavy atom. The molecule has 0 radical (unpaired) electrons. The van der Waals surface area contributed by atoms with Crippen LogP contribution in [0.1, 0.15) is 6.42 Å². The summed E-state index contributed by atoms with van der Waals surface area (Å²) in [6.45, 7) is 0. The standard InChI is InChI=1S/C11H11BrFNO5/c1-18-11(15)10(4-5-12)19-7-2-3-9(14(16)17)8(13)6-7/h2-3,6,10H,4-5H2,1H3. The topological polar surface area (TPSA) is 78.7 Å². The van der Waals surface area contributed by atoms with Crippen molar-refractivity contribution in [1.82, 2.24) is 0 Å². The van der Waals surface area contributed by atoms with E-state index < -0.39 is 28.5 Å². The first-order chi connectivity index (χ1) is 8.99. The predicted octanol–water partition coefficient (Wildman–Crippen LogP) is 2.44. The van der Waals surface area contributed by atoms with Crippen molar-refractivity contribution in [3.63, 3.8) is 0 Å². The second kappa shape index (κ2) is 7.03. The van der Waals surface area contributed by atoms with Crippen molar-refractivity contribution in [2.24, 2.45) is 0 Å². The highest BCUT2D eigenvalue weighted by molar-refractivity contribution is 9.09. The number of nitro groups is 1. The van der Waals surface area contributed by atoms with Crippen LogP contribution in [0.15, 0.2) is 18.2 Å². The molecule has 1 atom stereocenters. The average Bonchev–Trinajstić information content (AvgIpc) is 2.37. The van der Waals surface area contributed by atoms with Gasteiger partial charge in [0.25, 0.3) is 0 Å². The minimum Gasteiger partial charge on any atom is -0.479 e. The van der Waals surface area contributed by atoms with Gasteiger partial charge < -0.3 is 9.47 Å². The SMILES string of the molecule is COC(=O)C(CCBr)Oc1ccc([N+](=O)[O-])c(F)c1. The fourth-order valence-electron chi connectivity index (χ4n) is 1.33. The number of nitro benzene ring substituents is 1. The number of esters is 1. The van der Waals surface area contributed by atoms with Crippen molar-refractivity contribution >= 4 is 27.6 Å². The van der Waals surface area contributed by atoms with E-state index in [-0.39, 0.29) is 5.75 Å². The summed E-state index contributed by atoms with van der Waals surface area (Å²) in [6, 6.07) is 3.07. The van der Waals surface area contributed by atoms with Crippen LogP contribution in [-0.2, 0) is 9.53 Å². The Hall–Kier alpha value is -1.70. The average molecular weight is 336 g/mol. The predicted molar refractivity (Wildman–Crippen MR) is 67.9 cm³/mol. The Kier molecular flexibility index (Phi) is 5.68. The third kappa shape index (κ3) is 4.16. The largest absolute Gasteiger partial charge is 0.479 e. The highest BCUT2D eigenvalue weighted by Gasteiger charge is 2.22. The first-order valence-corrected chi connectivity index (χ1v) is 6.36. The molecule has 0 spiro atoms. The van der Waals surface area contributed by atoms with Crippen molar-refractivity contribution in [3.8, 4) is 5.75 Å². The fraction of sp³-hybridized carbons (Fsp3) is 0.364. The van der Waals surface area contributed by atoms with Gasteiger partial charge in [-0.25, -0.2) is 4.79 Å². The van der Waals surface area contributed by atoms with E-state index >= 15 is 0 Å². The van der Waals surface area contributed by atoms with Crippen molar-refractivity contribution in [3.05, 3.63) is 34.1 Å². The number of benzene rings is 1. The molecule has 0 amide bonds. The third-order valence-corrected chi connectivity index (χ3v) is 2.69. The summed E-state index contributed by atoms with van der Waals surface area (Å²) in [6.07, 6.45) is -0.573. The molecule has 6 nitrogen and oxygen atoms in total. The zero-order valence-corrected chi connectivity index (χ0v) is 11.6. The Balaban J connectivity index is 2.88. The van der Waals surface area contributed by atoms with Crippen molar-refractivity contribution in [2.45, 2.75) is 12.5 Å². The quantitative estimate of drug-likeness (QED) is 0.345. The number of alkyl halides is 1. The molecule has 0 heterocycles.